The average Bonchev–Trinajstić information content (AvgIpc) is 3.12. The van der Waals surface area contributed by atoms with E-state index in [9.17, 15) is 22.8 Å². The number of rotatable bonds is 5. The van der Waals surface area contributed by atoms with Gasteiger partial charge in [-0.3, -0.25) is 9.59 Å². The molecule has 2 amide bonds. The fourth-order valence-electron chi connectivity index (χ4n) is 3.46. The van der Waals surface area contributed by atoms with E-state index in [1.165, 1.54) is 11.8 Å². The number of anilines is 2. The lowest BCUT2D eigenvalue weighted by Gasteiger charge is -2.24. The lowest BCUT2D eigenvalue weighted by Crippen LogP contribution is -2.36. The second-order valence-electron chi connectivity index (χ2n) is 6.89. The van der Waals surface area contributed by atoms with Crippen molar-refractivity contribution in [2.45, 2.75) is 19.1 Å². The molecule has 0 spiro atoms. The predicted octanol–water partition coefficient (Wildman–Crippen LogP) is 3.64. The molecule has 0 saturated carbocycles. The van der Waals surface area contributed by atoms with Crippen LogP contribution in [-0.2, 0) is 20.9 Å². The van der Waals surface area contributed by atoms with Gasteiger partial charge in [0.2, 0.25) is 11.8 Å². The summed E-state index contributed by atoms with van der Waals surface area (Å²) in [5, 5.41) is 9.38. The first-order valence-electron chi connectivity index (χ1n) is 9.30. The Morgan fingerprint density at radius 1 is 1.19 bits per heavy atom. The number of amides is 2. The Kier molecular flexibility index (Phi) is 5.47. The van der Waals surface area contributed by atoms with Gasteiger partial charge in [0.1, 0.15) is 11.9 Å². The van der Waals surface area contributed by atoms with Gasteiger partial charge in [-0.2, -0.15) is 5.10 Å². The maximum atomic E-state index is 14.0. The third kappa shape index (κ3) is 3.77. The summed E-state index contributed by atoms with van der Waals surface area (Å²) >= 11 is 0. The van der Waals surface area contributed by atoms with Crippen molar-refractivity contribution in [2.75, 3.05) is 17.7 Å². The predicted molar refractivity (Wildman–Crippen MR) is 106 cm³/mol. The van der Waals surface area contributed by atoms with Crippen LogP contribution in [0.25, 0.3) is 11.1 Å². The Balaban J connectivity index is 1.75. The van der Waals surface area contributed by atoms with Crippen molar-refractivity contribution in [3.05, 3.63) is 65.6 Å². The van der Waals surface area contributed by atoms with Crippen LogP contribution in [0.15, 0.2) is 42.5 Å². The van der Waals surface area contributed by atoms with Crippen molar-refractivity contribution in [1.82, 2.24) is 9.78 Å². The van der Waals surface area contributed by atoms with Gasteiger partial charge >= 0.3 is 0 Å². The van der Waals surface area contributed by atoms with Gasteiger partial charge in [0.15, 0.2) is 17.5 Å². The molecule has 0 bridgehead atoms. The highest BCUT2D eigenvalue weighted by Gasteiger charge is 2.35. The van der Waals surface area contributed by atoms with E-state index in [4.69, 9.17) is 4.74 Å². The molecule has 2 heterocycles. The van der Waals surface area contributed by atoms with Crippen molar-refractivity contribution in [2.24, 2.45) is 0 Å². The minimum Gasteiger partial charge on any atom is -0.378 e. The summed E-state index contributed by atoms with van der Waals surface area (Å²) in [5.74, 6) is -5.56. The number of carbonyl (C=O) groups excluding carboxylic acids is 2. The van der Waals surface area contributed by atoms with Crippen LogP contribution in [0.3, 0.4) is 0 Å². The first-order chi connectivity index (χ1) is 14.9. The molecular weight excluding hydrogens is 413 g/mol. The first-order valence-corrected chi connectivity index (χ1v) is 9.30. The summed E-state index contributed by atoms with van der Waals surface area (Å²) in [4.78, 5) is 25.2. The highest BCUT2D eigenvalue weighted by Crippen LogP contribution is 2.37. The fourth-order valence-corrected chi connectivity index (χ4v) is 3.46. The quantitative estimate of drug-likeness (QED) is 0.606. The molecule has 1 aromatic heterocycles. The van der Waals surface area contributed by atoms with E-state index in [1.54, 1.807) is 0 Å². The summed E-state index contributed by atoms with van der Waals surface area (Å²) in [6.45, 7) is 0.117. The molecule has 0 fully saturated rings. The minimum atomic E-state index is -1.70. The number of ether oxygens (including phenoxy) is 1. The van der Waals surface area contributed by atoms with E-state index in [1.807, 2.05) is 30.3 Å². The number of aromatic nitrogens is 2. The number of hydrogen-bond donors (Lipinski definition) is 2. The topological polar surface area (TPSA) is 85.2 Å². The highest BCUT2D eigenvalue weighted by atomic mass is 19.2. The maximum absolute atomic E-state index is 14.0. The Morgan fingerprint density at radius 2 is 1.94 bits per heavy atom. The van der Waals surface area contributed by atoms with Crippen molar-refractivity contribution >= 4 is 23.3 Å². The molecule has 2 aromatic carbocycles. The average molecular weight is 430 g/mol. The molecule has 1 atom stereocenters. The van der Waals surface area contributed by atoms with Gasteiger partial charge in [0.25, 0.3) is 0 Å². The fraction of sp³-hybridized carbons (Fsp3) is 0.190. The van der Waals surface area contributed by atoms with Gasteiger partial charge in [0, 0.05) is 12.7 Å². The summed E-state index contributed by atoms with van der Waals surface area (Å²) in [6.07, 6.45) is -0.271. The summed E-state index contributed by atoms with van der Waals surface area (Å²) < 4.78 is 47.2. The zero-order chi connectivity index (χ0) is 22.1. The van der Waals surface area contributed by atoms with E-state index in [2.05, 4.69) is 15.7 Å². The van der Waals surface area contributed by atoms with Crippen LogP contribution in [0.4, 0.5) is 24.7 Å². The molecule has 1 aliphatic rings. The number of hydrogen-bond acceptors (Lipinski definition) is 4. The van der Waals surface area contributed by atoms with Gasteiger partial charge in [0.05, 0.1) is 24.4 Å². The standard InChI is InChI=1S/C21H17F3N4O3/c1-31-10-14-17(11-5-3-2-4-6-11)20-26-16(29)9-15(28(20)27-14)21(30)25-13-8-7-12(22)18(23)19(13)24/h2-8,15H,9-10H2,1H3,(H,25,30)(H,26,29)/t15-/m0/s1. The molecule has 0 saturated heterocycles. The summed E-state index contributed by atoms with van der Waals surface area (Å²) in [6, 6.07) is 9.58. The molecule has 1 aliphatic heterocycles. The van der Waals surface area contributed by atoms with Crippen molar-refractivity contribution < 1.29 is 27.5 Å². The number of halogens is 3. The molecule has 7 nitrogen and oxygen atoms in total. The molecule has 3 aromatic rings. The van der Waals surface area contributed by atoms with E-state index in [-0.39, 0.29) is 13.0 Å². The van der Waals surface area contributed by atoms with Crippen LogP contribution in [-0.4, -0.2) is 28.7 Å². The smallest absolute Gasteiger partial charge is 0.249 e. The van der Waals surface area contributed by atoms with E-state index in [0.717, 1.165) is 11.6 Å². The molecule has 0 unspecified atom stereocenters. The highest BCUT2D eigenvalue weighted by molar-refractivity contribution is 6.03. The largest absolute Gasteiger partial charge is 0.378 e. The third-order valence-electron chi connectivity index (χ3n) is 4.85. The maximum Gasteiger partial charge on any atom is 0.249 e. The Bertz CT molecular complexity index is 1160. The monoisotopic (exact) mass is 430 g/mol. The normalized spacial score (nSPS) is 15.4. The van der Waals surface area contributed by atoms with Crippen molar-refractivity contribution in [1.29, 1.82) is 0 Å². The molecule has 31 heavy (non-hydrogen) atoms. The van der Waals surface area contributed by atoms with Crippen LogP contribution >= 0.6 is 0 Å². The van der Waals surface area contributed by atoms with E-state index >= 15 is 0 Å². The summed E-state index contributed by atoms with van der Waals surface area (Å²) in [5.41, 5.74) is 1.29. The van der Waals surface area contributed by atoms with E-state index in [0.29, 0.717) is 23.1 Å². The zero-order valence-electron chi connectivity index (χ0n) is 16.3. The number of nitrogens with zero attached hydrogens (tertiary/aromatic N) is 2. The molecule has 2 N–H and O–H groups in total. The van der Waals surface area contributed by atoms with Crippen molar-refractivity contribution in [3.8, 4) is 11.1 Å². The number of fused-ring (bicyclic) bond motifs is 1. The van der Waals surface area contributed by atoms with Gasteiger partial charge in [-0.05, 0) is 17.7 Å². The zero-order valence-corrected chi connectivity index (χ0v) is 16.3. The lowest BCUT2D eigenvalue weighted by molar-refractivity contribution is -0.125. The van der Waals surface area contributed by atoms with Crippen LogP contribution in [0.2, 0.25) is 0 Å². The van der Waals surface area contributed by atoms with Crippen LogP contribution in [0.1, 0.15) is 18.2 Å². The SMILES string of the molecule is COCc1nn2c(c1-c1ccccc1)NC(=O)C[C@H]2C(=O)Nc1ccc(F)c(F)c1F. The minimum absolute atomic E-state index is 0.117. The molecule has 10 heteroatoms. The third-order valence-corrected chi connectivity index (χ3v) is 4.85. The van der Waals surface area contributed by atoms with Gasteiger partial charge in [-0.15, -0.1) is 0 Å². The number of nitrogens with one attached hydrogen (secondary N) is 2. The Morgan fingerprint density at radius 3 is 2.65 bits per heavy atom. The second kappa shape index (κ2) is 8.23. The van der Waals surface area contributed by atoms with Gasteiger partial charge < -0.3 is 15.4 Å². The summed E-state index contributed by atoms with van der Waals surface area (Å²) in [7, 11) is 1.49. The lowest BCUT2D eigenvalue weighted by atomic mass is 10.0. The Labute approximate surface area is 174 Å². The molecular formula is C21H17F3N4O3. The van der Waals surface area contributed by atoms with Gasteiger partial charge in [-0.25, -0.2) is 17.9 Å². The molecule has 0 aliphatic carbocycles. The Hall–Kier alpha value is -3.66. The van der Waals surface area contributed by atoms with Crippen LogP contribution in [0, 0.1) is 17.5 Å². The van der Waals surface area contributed by atoms with Crippen LogP contribution in [0.5, 0.6) is 0 Å². The molecule has 4 rings (SSSR count). The number of methoxy groups -OCH3 is 1. The first kappa shape index (κ1) is 20.6. The molecule has 160 valence electrons. The van der Waals surface area contributed by atoms with Crippen molar-refractivity contribution in [3.63, 3.8) is 0 Å². The van der Waals surface area contributed by atoms with Gasteiger partial charge in [-0.1, -0.05) is 30.3 Å². The van der Waals surface area contributed by atoms with Crippen LogP contribution < -0.4 is 10.6 Å². The second-order valence-corrected chi connectivity index (χ2v) is 6.89. The van der Waals surface area contributed by atoms with E-state index < -0.39 is 41.0 Å². The number of carbonyl (C=O) groups is 2. The molecule has 0 radical (unpaired) electrons. The number of benzene rings is 2.